The van der Waals surface area contributed by atoms with Crippen LogP contribution in [-0.2, 0) is 14.8 Å². The number of rotatable bonds is 5. The van der Waals surface area contributed by atoms with Crippen molar-refractivity contribution >= 4 is 39.1 Å². The van der Waals surface area contributed by atoms with E-state index in [-0.39, 0.29) is 21.7 Å². The number of hydrogen-bond acceptors (Lipinski definition) is 6. The van der Waals surface area contributed by atoms with Crippen LogP contribution >= 0.6 is 11.8 Å². The van der Waals surface area contributed by atoms with E-state index in [1.165, 1.54) is 33.3 Å². The number of amides is 1. The highest BCUT2D eigenvalue weighted by atomic mass is 32.2. The maximum atomic E-state index is 13.0. The van der Waals surface area contributed by atoms with Gasteiger partial charge in [-0.1, -0.05) is 6.92 Å². The molecule has 0 spiro atoms. The second-order valence-electron chi connectivity index (χ2n) is 6.36. The number of hydrogen-bond donors (Lipinski definition) is 1. The quantitative estimate of drug-likeness (QED) is 0.795. The van der Waals surface area contributed by atoms with Crippen molar-refractivity contribution in [2.45, 2.75) is 28.9 Å². The molecule has 28 heavy (non-hydrogen) atoms. The van der Waals surface area contributed by atoms with Crippen LogP contribution in [-0.4, -0.2) is 40.3 Å². The molecular weight excluding hydrogens is 400 g/mol. The van der Waals surface area contributed by atoms with Crippen LogP contribution in [0.25, 0.3) is 0 Å². The first-order valence-corrected chi connectivity index (χ1v) is 10.9. The van der Waals surface area contributed by atoms with Crippen LogP contribution in [0.4, 0.5) is 11.4 Å². The van der Waals surface area contributed by atoms with Crippen molar-refractivity contribution in [3.8, 4) is 11.5 Å². The fourth-order valence-electron chi connectivity index (χ4n) is 2.98. The summed E-state index contributed by atoms with van der Waals surface area (Å²) in [6, 6.07) is 9.66. The molecule has 1 heterocycles. The molecule has 0 saturated carbocycles. The Bertz CT molecular complexity index is 1010. The van der Waals surface area contributed by atoms with Gasteiger partial charge in [0.1, 0.15) is 11.5 Å². The van der Waals surface area contributed by atoms with E-state index in [0.29, 0.717) is 23.7 Å². The summed E-state index contributed by atoms with van der Waals surface area (Å²) in [4.78, 5) is 14.6. The lowest BCUT2D eigenvalue weighted by Gasteiger charge is -2.32. The zero-order chi connectivity index (χ0) is 20.5. The fraction of sp³-hybridized carbons (Fsp3) is 0.316. The molecule has 150 valence electrons. The highest BCUT2D eigenvalue weighted by Crippen LogP contribution is 2.40. The summed E-state index contributed by atoms with van der Waals surface area (Å²) in [5.74, 6) is 0.750. The number of fused-ring (bicyclic) bond motifs is 1. The lowest BCUT2D eigenvalue weighted by molar-refractivity contribution is -0.116. The largest absolute Gasteiger partial charge is 0.497 e. The zero-order valence-corrected chi connectivity index (χ0v) is 17.7. The Morgan fingerprint density at radius 3 is 2.57 bits per heavy atom. The molecular formula is C19H22N2O5S2. The van der Waals surface area contributed by atoms with E-state index in [1.807, 2.05) is 6.92 Å². The predicted octanol–water partition coefficient (Wildman–Crippen LogP) is 3.35. The summed E-state index contributed by atoms with van der Waals surface area (Å²) in [6.07, 6.45) is 0. The van der Waals surface area contributed by atoms with E-state index >= 15 is 0 Å². The van der Waals surface area contributed by atoms with E-state index in [4.69, 9.17) is 9.47 Å². The van der Waals surface area contributed by atoms with Crippen LogP contribution < -0.4 is 19.1 Å². The molecule has 1 amide bonds. The molecule has 2 aromatic carbocycles. The number of methoxy groups -OCH3 is 2. The Balaban J connectivity index is 2.00. The monoisotopic (exact) mass is 422 g/mol. The minimum absolute atomic E-state index is 0.0672. The summed E-state index contributed by atoms with van der Waals surface area (Å²) >= 11 is 1.62. The Hall–Kier alpha value is -2.39. The lowest BCUT2D eigenvalue weighted by atomic mass is 10.2. The number of benzene rings is 2. The maximum Gasteiger partial charge on any atom is 0.262 e. The highest BCUT2D eigenvalue weighted by Gasteiger charge is 2.27. The summed E-state index contributed by atoms with van der Waals surface area (Å²) < 4.78 is 38.9. The molecule has 3 rings (SSSR count). The summed E-state index contributed by atoms with van der Waals surface area (Å²) in [7, 11) is -0.941. The van der Waals surface area contributed by atoms with Crippen molar-refractivity contribution in [1.29, 1.82) is 0 Å². The van der Waals surface area contributed by atoms with Crippen molar-refractivity contribution in [1.82, 2.24) is 0 Å². The number of thioether (sulfide) groups is 1. The van der Waals surface area contributed by atoms with E-state index in [1.54, 1.807) is 40.9 Å². The summed E-state index contributed by atoms with van der Waals surface area (Å²) in [5.41, 5.74) is 0.877. The number of carbonyl (C=O) groups excluding carboxylic acids is 1. The van der Waals surface area contributed by atoms with Crippen LogP contribution in [0.5, 0.6) is 11.5 Å². The number of ether oxygens (including phenoxy) is 2. The smallest absolute Gasteiger partial charge is 0.262 e. The average molecular weight is 423 g/mol. The molecule has 0 bridgehead atoms. The first kappa shape index (κ1) is 20.3. The van der Waals surface area contributed by atoms with Crippen molar-refractivity contribution in [3.63, 3.8) is 0 Å². The van der Waals surface area contributed by atoms with E-state index in [2.05, 4.69) is 4.72 Å². The molecule has 0 aromatic heterocycles. The molecule has 0 aliphatic carbocycles. The third kappa shape index (κ3) is 4.05. The Morgan fingerprint density at radius 2 is 1.93 bits per heavy atom. The fourth-order valence-corrected chi connectivity index (χ4v) is 5.15. The van der Waals surface area contributed by atoms with E-state index in [0.717, 1.165) is 4.90 Å². The molecule has 2 aromatic rings. The van der Waals surface area contributed by atoms with Crippen LogP contribution in [0, 0.1) is 0 Å². The molecule has 1 aliphatic rings. The molecule has 0 fully saturated rings. The van der Waals surface area contributed by atoms with Gasteiger partial charge in [-0.2, -0.15) is 0 Å². The average Bonchev–Trinajstić information content (AvgIpc) is 2.66. The molecule has 0 saturated heterocycles. The van der Waals surface area contributed by atoms with Crippen molar-refractivity contribution < 1.29 is 22.7 Å². The third-order valence-corrected chi connectivity index (χ3v) is 6.84. The van der Waals surface area contributed by atoms with Crippen LogP contribution in [0.15, 0.2) is 46.2 Å². The van der Waals surface area contributed by atoms with Gasteiger partial charge in [0.05, 0.1) is 30.5 Å². The highest BCUT2D eigenvalue weighted by molar-refractivity contribution is 8.00. The van der Waals surface area contributed by atoms with Gasteiger partial charge < -0.3 is 14.4 Å². The van der Waals surface area contributed by atoms with Crippen LogP contribution in [0.3, 0.4) is 0 Å². The van der Waals surface area contributed by atoms with Gasteiger partial charge in [0.25, 0.3) is 10.0 Å². The first-order chi connectivity index (χ1) is 13.2. The zero-order valence-electron chi connectivity index (χ0n) is 16.1. The second kappa shape index (κ2) is 7.92. The summed E-state index contributed by atoms with van der Waals surface area (Å²) in [5, 5.41) is 0.234. The number of nitrogens with zero attached hydrogens (tertiary/aromatic N) is 1. The van der Waals surface area contributed by atoms with Gasteiger partial charge in [0, 0.05) is 29.7 Å². The molecule has 7 nitrogen and oxygen atoms in total. The van der Waals surface area contributed by atoms with E-state index in [9.17, 15) is 13.2 Å². The van der Waals surface area contributed by atoms with Gasteiger partial charge in [-0.25, -0.2) is 8.42 Å². The van der Waals surface area contributed by atoms with Gasteiger partial charge in [-0.15, -0.1) is 11.8 Å². The Kier molecular flexibility index (Phi) is 5.76. The van der Waals surface area contributed by atoms with Crippen LogP contribution in [0.1, 0.15) is 13.8 Å². The van der Waals surface area contributed by atoms with Crippen molar-refractivity contribution in [2.75, 3.05) is 30.4 Å². The van der Waals surface area contributed by atoms with Crippen molar-refractivity contribution in [3.05, 3.63) is 36.4 Å². The second-order valence-corrected chi connectivity index (χ2v) is 9.52. The Labute approximate surface area is 169 Å². The topological polar surface area (TPSA) is 84.9 Å². The van der Waals surface area contributed by atoms with Gasteiger partial charge >= 0.3 is 0 Å². The van der Waals surface area contributed by atoms with E-state index < -0.39 is 10.0 Å². The molecule has 1 atom stereocenters. The molecule has 1 aliphatic heterocycles. The standard InChI is InChI=1S/C19H22N2O5S2/c1-12-11-21(13(2)22)17-10-15(6-8-19(17)27-12)28(23,24)20-16-9-14(25-3)5-7-18(16)26-4/h5-10,12,20H,11H2,1-4H3/t12-/m1/s1. The predicted molar refractivity (Wildman–Crippen MR) is 110 cm³/mol. The number of sulfonamides is 1. The third-order valence-electron chi connectivity index (χ3n) is 4.33. The Morgan fingerprint density at radius 1 is 1.18 bits per heavy atom. The molecule has 9 heteroatoms. The maximum absolute atomic E-state index is 13.0. The molecule has 1 N–H and O–H groups in total. The van der Waals surface area contributed by atoms with Crippen molar-refractivity contribution in [2.24, 2.45) is 0 Å². The number of nitrogens with one attached hydrogen (secondary N) is 1. The number of carbonyl (C=O) groups is 1. The lowest BCUT2D eigenvalue weighted by Crippen LogP contribution is -2.37. The molecule has 0 radical (unpaired) electrons. The minimum atomic E-state index is -3.90. The van der Waals surface area contributed by atoms with Gasteiger partial charge in [-0.05, 0) is 30.3 Å². The summed E-state index contributed by atoms with van der Waals surface area (Å²) in [6.45, 7) is 4.05. The van der Waals surface area contributed by atoms with Gasteiger partial charge in [0.15, 0.2) is 0 Å². The first-order valence-electron chi connectivity index (χ1n) is 8.59. The van der Waals surface area contributed by atoms with Gasteiger partial charge in [0.2, 0.25) is 5.91 Å². The SMILES string of the molecule is COc1ccc(OC)c(NS(=O)(=O)c2ccc3c(c2)N(C(C)=O)C[C@@H](C)S3)c1. The van der Waals surface area contributed by atoms with Gasteiger partial charge in [-0.3, -0.25) is 9.52 Å². The molecule has 0 unspecified atom stereocenters. The minimum Gasteiger partial charge on any atom is -0.497 e. The van der Waals surface area contributed by atoms with Crippen LogP contribution in [0.2, 0.25) is 0 Å². The normalized spacial score (nSPS) is 16.3. The number of anilines is 2.